The summed E-state index contributed by atoms with van der Waals surface area (Å²) in [6, 6.07) is 8.82. The Morgan fingerprint density at radius 2 is 1.74 bits per heavy atom. The molecule has 3 unspecified atom stereocenters. The molecule has 0 heterocycles. The number of benzene rings is 1. The largest absolute Gasteiger partial charge is 0.0888 e. The molecule has 0 N–H and O–H groups in total. The third-order valence-electron chi connectivity index (χ3n) is 4.53. The zero-order valence-corrected chi connectivity index (χ0v) is 15.3. The fourth-order valence-electron chi connectivity index (χ4n) is 3.15. The van der Waals surface area contributed by atoms with E-state index in [1.807, 2.05) is 0 Å². The fourth-order valence-corrected chi connectivity index (χ4v) is 4.08. The van der Waals surface area contributed by atoms with E-state index in [4.69, 9.17) is 0 Å². The van der Waals surface area contributed by atoms with E-state index >= 15 is 0 Å². The summed E-state index contributed by atoms with van der Waals surface area (Å²) in [5.41, 5.74) is 1.91. The SMILES string of the molecule is CC(C)(C)C1CCC(Br)C(Cc2ccc(Br)cc2)C1. The van der Waals surface area contributed by atoms with Crippen molar-refractivity contribution in [3.8, 4) is 0 Å². The van der Waals surface area contributed by atoms with Gasteiger partial charge in [0.25, 0.3) is 0 Å². The maximum atomic E-state index is 3.91. The van der Waals surface area contributed by atoms with Crippen LogP contribution in [0.25, 0.3) is 0 Å². The highest BCUT2D eigenvalue weighted by molar-refractivity contribution is 9.10. The molecule has 1 aromatic carbocycles. The first-order chi connectivity index (χ1) is 8.86. The number of rotatable bonds is 2. The highest BCUT2D eigenvalue weighted by Gasteiger charge is 2.34. The molecular formula is C17H24Br2. The molecule has 1 fully saturated rings. The normalized spacial score (nSPS) is 28.4. The Morgan fingerprint density at radius 3 is 2.32 bits per heavy atom. The number of halogens is 2. The Labute approximate surface area is 134 Å². The molecule has 0 saturated heterocycles. The molecule has 0 aromatic heterocycles. The van der Waals surface area contributed by atoms with Crippen molar-refractivity contribution in [3.05, 3.63) is 34.3 Å². The molecule has 19 heavy (non-hydrogen) atoms. The molecule has 2 heteroatoms. The van der Waals surface area contributed by atoms with Gasteiger partial charge in [-0.15, -0.1) is 0 Å². The van der Waals surface area contributed by atoms with Crippen LogP contribution in [0.4, 0.5) is 0 Å². The van der Waals surface area contributed by atoms with Crippen molar-refractivity contribution in [1.82, 2.24) is 0 Å². The second kappa shape index (κ2) is 6.30. The summed E-state index contributed by atoms with van der Waals surface area (Å²) in [6.07, 6.45) is 5.25. The fraction of sp³-hybridized carbons (Fsp3) is 0.647. The Hall–Kier alpha value is 0.180. The quantitative estimate of drug-likeness (QED) is 0.528. The molecule has 1 aliphatic rings. The number of hydrogen-bond acceptors (Lipinski definition) is 0. The molecule has 1 aromatic rings. The summed E-state index contributed by atoms with van der Waals surface area (Å²) >= 11 is 7.42. The van der Waals surface area contributed by atoms with E-state index in [0.717, 1.165) is 11.8 Å². The van der Waals surface area contributed by atoms with Gasteiger partial charge in [0.2, 0.25) is 0 Å². The zero-order valence-electron chi connectivity index (χ0n) is 12.1. The van der Waals surface area contributed by atoms with E-state index in [1.165, 1.54) is 35.7 Å². The van der Waals surface area contributed by atoms with Gasteiger partial charge in [0, 0.05) is 9.30 Å². The minimum atomic E-state index is 0.450. The van der Waals surface area contributed by atoms with Crippen molar-refractivity contribution in [2.24, 2.45) is 17.3 Å². The van der Waals surface area contributed by atoms with Gasteiger partial charge in [-0.2, -0.15) is 0 Å². The maximum Gasteiger partial charge on any atom is 0.0177 e. The lowest BCUT2D eigenvalue weighted by atomic mass is 9.68. The third-order valence-corrected chi connectivity index (χ3v) is 6.26. The average molecular weight is 388 g/mol. The minimum absolute atomic E-state index is 0.450. The van der Waals surface area contributed by atoms with E-state index in [1.54, 1.807) is 0 Å². The number of alkyl halides is 1. The monoisotopic (exact) mass is 386 g/mol. The standard InChI is InChI=1S/C17H24Br2/c1-17(2,3)14-6-9-16(19)13(11-14)10-12-4-7-15(18)8-5-12/h4-5,7-8,13-14,16H,6,9-11H2,1-3H3. The summed E-state index contributed by atoms with van der Waals surface area (Å²) in [7, 11) is 0. The Balaban J connectivity index is 2.03. The van der Waals surface area contributed by atoms with Crippen molar-refractivity contribution < 1.29 is 0 Å². The van der Waals surface area contributed by atoms with Crippen LogP contribution in [-0.4, -0.2) is 4.83 Å². The Morgan fingerprint density at radius 1 is 1.11 bits per heavy atom. The molecule has 0 nitrogen and oxygen atoms in total. The van der Waals surface area contributed by atoms with Gasteiger partial charge in [-0.3, -0.25) is 0 Å². The minimum Gasteiger partial charge on any atom is -0.0888 e. The van der Waals surface area contributed by atoms with Crippen LogP contribution in [-0.2, 0) is 6.42 Å². The predicted molar refractivity (Wildman–Crippen MR) is 90.8 cm³/mol. The summed E-state index contributed by atoms with van der Waals surface area (Å²) in [5, 5.41) is 0. The Bertz CT molecular complexity index is 402. The molecule has 1 aliphatic carbocycles. The molecule has 0 amide bonds. The molecule has 3 atom stereocenters. The summed E-state index contributed by atoms with van der Waals surface area (Å²) in [6.45, 7) is 7.18. The van der Waals surface area contributed by atoms with Gasteiger partial charge in [-0.1, -0.05) is 64.8 Å². The topological polar surface area (TPSA) is 0 Å². The van der Waals surface area contributed by atoms with Gasteiger partial charge >= 0.3 is 0 Å². The average Bonchev–Trinajstić information content (AvgIpc) is 2.33. The van der Waals surface area contributed by atoms with Gasteiger partial charge in [0.15, 0.2) is 0 Å². The van der Waals surface area contributed by atoms with E-state index < -0.39 is 0 Å². The second-order valence-electron chi connectivity index (χ2n) is 6.98. The van der Waals surface area contributed by atoms with Crippen LogP contribution in [0, 0.1) is 17.3 Å². The van der Waals surface area contributed by atoms with Gasteiger partial charge in [-0.05, 0) is 60.6 Å². The zero-order chi connectivity index (χ0) is 14.0. The van der Waals surface area contributed by atoms with E-state index in [0.29, 0.717) is 10.2 Å². The first-order valence-electron chi connectivity index (χ1n) is 7.25. The molecule has 2 rings (SSSR count). The molecule has 0 aliphatic heterocycles. The molecular weight excluding hydrogens is 364 g/mol. The lowest BCUT2D eigenvalue weighted by Gasteiger charge is -2.40. The van der Waals surface area contributed by atoms with Crippen LogP contribution in [0.15, 0.2) is 28.7 Å². The van der Waals surface area contributed by atoms with Crippen LogP contribution in [0.2, 0.25) is 0 Å². The van der Waals surface area contributed by atoms with Gasteiger partial charge in [0.1, 0.15) is 0 Å². The molecule has 0 spiro atoms. The van der Waals surface area contributed by atoms with Gasteiger partial charge < -0.3 is 0 Å². The first kappa shape index (κ1) is 15.6. The lowest BCUT2D eigenvalue weighted by Crippen LogP contribution is -2.33. The first-order valence-corrected chi connectivity index (χ1v) is 8.95. The Kier molecular flexibility index (Phi) is 5.16. The van der Waals surface area contributed by atoms with E-state index in [-0.39, 0.29) is 0 Å². The van der Waals surface area contributed by atoms with Crippen LogP contribution in [0.5, 0.6) is 0 Å². The van der Waals surface area contributed by atoms with Crippen molar-refractivity contribution in [3.63, 3.8) is 0 Å². The van der Waals surface area contributed by atoms with Crippen molar-refractivity contribution >= 4 is 31.9 Å². The van der Waals surface area contributed by atoms with Crippen LogP contribution >= 0.6 is 31.9 Å². The maximum absolute atomic E-state index is 3.91. The lowest BCUT2D eigenvalue weighted by molar-refractivity contribution is 0.146. The van der Waals surface area contributed by atoms with Crippen molar-refractivity contribution in [2.75, 3.05) is 0 Å². The van der Waals surface area contributed by atoms with E-state index in [9.17, 15) is 0 Å². The molecule has 1 saturated carbocycles. The van der Waals surface area contributed by atoms with E-state index in [2.05, 4.69) is 76.9 Å². The number of hydrogen-bond donors (Lipinski definition) is 0. The molecule has 0 bridgehead atoms. The van der Waals surface area contributed by atoms with Crippen molar-refractivity contribution in [2.45, 2.75) is 51.3 Å². The van der Waals surface area contributed by atoms with Crippen LogP contribution in [0.3, 0.4) is 0 Å². The molecule has 106 valence electrons. The van der Waals surface area contributed by atoms with Crippen LogP contribution < -0.4 is 0 Å². The van der Waals surface area contributed by atoms with Crippen LogP contribution in [0.1, 0.15) is 45.6 Å². The van der Waals surface area contributed by atoms with Gasteiger partial charge in [-0.25, -0.2) is 0 Å². The second-order valence-corrected chi connectivity index (χ2v) is 9.07. The summed E-state index contributed by atoms with van der Waals surface area (Å²) < 4.78 is 1.17. The third kappa shape index (κ3) is 4.32. The van der Waals surface area contributed by atoms with Gasteiger partial charge in [0.05, 0.1) is 0 Å². The smallest absolute Gasteiger partial charge is 0.0177 e. The highest BCUT2D eigenvalue weighted by atomic mass is 79.9. The summed E-state index contributed by atoms with van der Waals surface area (Å²) in [4.78, 5) is 0.690. The highest BCUT2D eigenvalue weighted by Crippen LogP contribution is 2.43. The predicted octanol–water partition coefficient (Wildman–Crippen LogP) is 6.22. The van der Waals surface area contributed by atoms with Crippen molar-refractivity contribution in [1.29, 1.82) is 0 Å². The molecule has 0 radical (unpaired) electrons. The summed E-state index contributed by atoms with van der Waals surface area (Å²) in [5.74, 6) is 1.64.